The first-order valence-corrected chi connectivity index (χ1v) is 26.8. The molecule has 4 aliphatic rings. The van der Waals surface area contributed by atoms with Gasteiger partial charge in [-0.3, -0.25) is 33.1 Å². The van der Waals surface area contributed by atoms with Gasteiger partial charge in [-0.2, -0.15) is 21.4 Å². The van der Waals surface area contributed by atoms with Crippen molar-refractivity contribution < 1.29 is 77.6 Å². The van der Waals surface area contributed by atoms with Crippen LogP contribution in [0.3, 0.4) is 0 Å². The summed E-state index contributed by atoms with van der Waals surface area (Å²) in [5.74, 6) is -5.84. The van der Waals surface area contributed by atoms with E-state index in [4.69, 9.17) is 4.84 Å². The van der Waals surface area contributed by atoms with Crippen LogP contribution in [0.25, 0.3) is 21.5 Å². The van der Waals surface area contributed by atoms with Crippen molar-refractivity contribution in [1.82, 2.24) is 9.79 Å². The molecule has 3 aliphatic heterocycles. The number of aliphatic hydroxyl groups is 1. The minimum atomic E-state index is -4.61. The Morgan fingerprint density at radius 1 is 0.746 bits per heavy atom. The molecule has 0 radical (unpaired) electrons. The largest absolute Gasteiger partial charge is 0.506 e. The monoisotopic (exact) mass is 1030 g/mol. The number of hydrogen-bond donors (Lipinski definition) is 4. The molecule has 8 rings (SSSR count). The van der Waals surface area contributed by atoms with Crippen LogP contribution in [0.5, 0.6) is 0 Å². The van der Waals surface area contributed by atoms with Crippen molar-refractivity contribution >= 4 is 104 Å². The van der Waals surface area contributed by atoms with Crippen molar-refractivity contribution in [3.63, 3.8) is 0 Å². The standard InChI is InChI=1S/C48H46N4O16S3/c1-47(2)36(50(20-8-6-7-9-41(56)68-52-39(54)18-19-40(52)55)34-16-10-26-21-28(70(62,63)64)12-14-30(26)42(34)47)23-32-44(57)33(46(59)45(32)58)24-37-48(3,4)43-31-15-13-29(71(65,66)67)22-27(31)11-17-35(43)51(37)25-38(53)49-69(5,60)61/h10-17,21-24H,6-9,18-20,25H2,1-5H3,(H3-,49,53,57,58,59,62,63,64,65,66,67)/p+1. The van der Waals surface area contributed by atoms with E-state index >= 15 is 0 Å². The number of carbonyl (C=O) groups excluding carboxylic acids is 6. The van der Waals surface area contributed by atoms with Crippen LogP contribution in [0.1, 0.15) is 77.3 Å². The topological polar surface area (TPSA) is 296 Å². The highest BCUT2D eigenvalue weighted by atomic mass is 32.2. The number of nitrogens with zero attached hydrogens (tertiary/aromatic N) is 3. The normalized spacial score (nSPS) is 19.0. The number of imide groups is 1. The van der Waals surface area contributed by atoms with Crippen molar-refractivity contribution in [1.29, 1.82) is 0 Å². The lowest BCUT2D eigenvalue weighted by molar-refractivity contribution is -0.425. The van der Waals surface area contributed by atoms with E-state index < -0.39 is 94.2 Å². The van der Waals surface area contributed by atoms with Crippen LogP contribution in [0.15, 0.2) is 105 Å². The maximum Gasteiger partial charge on any atom is 0.333 e. The van der Waals surface area contributed by atoms with Gasteiger partial charge in [0.1, 0.15) is 5.76 Å². The number of unbranched alkanes of at least 4 members (excludes halogenated alkanes) is 2. The summed E-state index contributed by atoms with van der Waals surface area (Å²) in [4.78, 5) is 84.1. The van der Waals surface area contributed by atoms with Crippen LogP contribution in [0, 0.1) is 0 Å². The predicted molar refractivity (Wildman–Crippen MR) is 255 cm³/mol. The van der Waals surface area contributed by atoms with Gasteiger partial charge in [0, 0.05) is 60.3 Å². The minimum absolute atomic E-state index is 0.0528. The number of carbonyl (C=O) groups is 6. The molecule has 0 atom stereocenters. The summed E-state index contributed by atoms with van der Waals surface area (Å²) in [5, 5.41) is 14.4. The van der Waals surface area contributed by atoms with Crippen LogP contribution in [-0.4, -0.2) is 109 Å². The second kappa shape index (κ2) is 17.7. The van der Waals surface area contributed by atoms with E-state index in [0.29, 0.717) is 74.1 Å². The zero-order valence-electron chi connectivity index (χ0n) is 38.8. The van der Waals surface area contributed by atoms with E-state index in [2.05, 4.69) is 0 Å². The zero-order valence-corrected chi connectivity index (χ0v) is 41.2. The second-order valence-electron chi connectivity index (χ2n) is 18.7. The SMILES string of the molecule is CC1(C)C(/C=C2\C(=O)C(=O)C(/C=C3/N(CCCCCC(=O)ON4C(=O)CCC4=O)c4ccc5cc(S(=O)(=O)O)ccc5c4C3(C)C)=C2O)=[N+](CC(=O)NS(C)(=O)=O)c2ccc3cc(S(=O)(=O)O)ccc3c21. The summed E-state index contributed by atoms with van der Waals surface area (Å²) in [6.45, 7) is 6.72. The smallest absolute Gasteiger partial charge is 0.333 e. The van der Waals surface area contributed by atoms with Gasteiger partial charge >= 0.3 is 5.97 Å². The van der Waals surface area contributed by atoms with Gasteiger partial charge < -0.3 is 14.8 Å². The molecule has 0 spiro atoms. The molecule has 4 aromatic carbocycles. The van der Waals surface area contributed by atoms with Crippen molar-refractivity contribution in [2.24, 2.45) is 0 Å². The van der Waals surface area contributed by atoms with Gasteiger partial charge in [0.15, 0.2) is 5.71 Å². The van der Waals surface area contributed by atoms with Gasteiger partial charge in [-0.25, -0.2) is 17.9 Å². The fourth-order valence-corrected chi connectivity index (χ4v) is 11.4. The third kappa shape index (κ3) is 9.30. The Morgan fingerprint density at radius 3 is 1.90 bits per heavy atom. The van der Waals surface area contributed by atoms with E-state index in [9.17, 15) is 68.2 Å². The summed E-state index contributed by atoms with van der Waals surface area (Å²) >= 11 is 0. The number of rotatable bonds is 14. The van der Waals surface area contributed by atoms with E-state index in [0.717, 1.165) is 6.26 Å². The molecule has 4 N–H and O–H groups in total. The molecule has 0 saturated carbocycles. The predicted octanol–water partition coefficient (Wildman–Crippen LogP) is 4.68. The summed E-state index contributed by atoms with van der Waals surface area (Å²) in [6.07, 6.45) is 4.38. The Kier molecular flexibility index (Phi) is 12.6. The van der Waals surface area contributed by atoms with Gasteiger partial charge in [0.2, 0.25) is 33.8 Å². The highest BCUT2D eigenvalue weighted by Gasteiger charge is 2.49. The Bertz CT molecular complexity index is 3590. The lowest BCUT2D eigenvalue weighted by Gasteiger charge is -2.27. The Morgan fingerprint density at radius 2 is 1.32 bits per heavy atom. The molecule has 0 unspecified atom stereocenters. The summed E-state index contributed by atoms with van der Waals surface area (Å²) in [5.41, 5.74) is -0.277. The molecule has 372 valence electrons. The van der Waals surface area contributed by atoms with Gasteiger partial charge in [-0.15, -0.1) is 5.06 Å². The van der Waals surface area contributed by atoms with Gasteiger partial charge in [-0.1, -0.05) is 38.5 Å². The molecular formula is C48H47N4O16S3+. The van der Waals surface area contributed by atoms with Crippen molar-refractivity contribution in [2.45, 2.75) is 86.8 Å². The molecular weight excluding hydrogens is 985 g/mol. The van der Waals surface area contributed by atoms with Crippen LogP contribution in [0.2, 0.25) is 0 Å². The van der Waals surface area contributed by atoms with Crippen LogP contribution in [0.4, 0.5) is 11.4 Å². The van der Waals surface area contributed by atoms with E-state index in [-0.39, 0.29) is 46.9 Å². The molecule has 4 aromatic rings. The first-order chi connectivity index (χ1) is 33.0. The first kappa shape index (κ1) is 50.5. The Hall–Kier alpha value is -6.92. The fraction of sp³-hybridized carbons (Fsp3) is 0.312. The summed E-state index contributed by atoms with van der Waals surface area (Å²) in [6, 6.07) is 14.5. The Labute approximate surface area is 407 Å². The molecule has 0 aromatic heterocycles. The lowest BCUT2D eigenvalue weighted by atomic mass is 9.78. The summed E-state index contributed by atoms with van der Waals surface area (Å²) < 4.78 is 95.5. The number of hydroxylamine groups is 2. The van der Waals surface area contributed by atoms with E-state index in [1.165, 1.54) is 53.1 Å². The molecule has 23 heteroatoms. The second-order valence-corrected chi connectivity index (χ2v) is 23.3. The average Bonchev–Trinajstić information content (AvgIpc) is 3.85. The zero-order chi connectivity index (χ0) is 51.9. The molecule has 1 aliphatic carbocycles. The number of fused-ring (bicyclic) bond motifs is 6. The molecule has 71 heavy (non-hydrogen) atoms. The number of sulfonamides is 1. The molecule has 20 nitrogen and oxygen atoms in total. The lowest BCUT2D eigenvalue weighted by Crippen LogP contribution is -2.37. The fourth-order valence-electron chi connectivity index (χ4n) is 9.85. The van der Waals surface area contributed by atoms with Crippen LogP contribution < -0.4 is 9.62 Å². The number of ketones is 2. The third-order valence-corrected chi connectivity index (χ3v) is 15.4. The number of benzene rings is 4. The van der Waals surface area contributed by atoms with Crippen LogP contribution >= 0.6 is 0 Å². The van der Waals surface area contributed by atoms with Crippen molar-refractivity contribution in [3.8, 4) is 0 Å². The van der Waals surface area contributed by atoms with E-state index in [1.807, 2.05) is 23.5 Å². The number of aliphatic hydroxyl groups excluding tert-OH is 1. The van der Waals surface area contributed by atoms with E-state index in [1.54, 1.807) is 38.1 Å². The van der Waals surface area contributed by atoms with Gasteiger partial charge in [0.05, 0.1) is 32.6 Å². The number of Topliss-reactive ketones (excluding diaryl/α,β-unsaturated/α-hetero) is 2. The third-order valence-electron chi connectivity index (χ3n) is 13.1. The number of anilines is 1. The van der Waals surface area contributed by atoms with Crippen molar-refractivity contribution in [3.05, 3.63) is 107 Å². The molecule has 1 saturated heterocycles. The molecule has 1 fully saturated rings. The first-order valence-electron chi connectivity index (χ1n) is 22.1. The number of nitrogens with one attached hydrogen (secondary N) is 1. The molecule has 3 heterocycles. The van der Waals surface area contributed by atoms with Crippen molar-refractivity contribution in [2.75, 3.05) is 24.2 Å². The van der Waals surface area contributed by atoms with Gasteiger partial charge in [0.25, 0.3) is 38.0 Å². The highest BCUT2D eigenvalue weighted by Crippen LogP contribution is 2.52. The number of amides is 3. The number of allylic oxidation sites excluding steroid dienone is 5. The minimum Gasteiger partial charge on any atom is -0.506 e. The average molecular weight is 1030 g/mol. The maximum atomic E-state index is 14.2. The van der Waals surface area contributed by atoms with Gasteiger partial charge in [-0.05, 0) is 96.3 Å². The Balaban J connectivity index is 1.20. The molecule has 3 amide bonds. The quantitative estimate of drug-likeness (QED) is 0.0333. The summed E-state index contributed by atoms with van der Waals surface area (Å²) in [7, 11) is -13.2. The number of hydrogen-bond acceptors (Lipinski definition) is 15. The maximum absolute atomic E-state index is 14.2. The molecule has 0 bridgehead atoms. The van der Waals surface area contributed by atoms with Crippen LogP contribution in [-0.2, 0) is 74.7 Å². The highest BCUT2D eigenvalue weighted by molar-refractivity contribution is 7.89.